The van der Waals surface area contributed by atoms with Crippen LogP contribution in [-0.4, -0.2) is 41.7 Å². The van der Waals surface area contributed by atoms with Crippen LogP contribution in [0, 0.1) is 0 Å². The van der Waals surface area contributed by atoms with Crippen LogP contribution in [-0.2, 0) is 20.7 Å². The number of aromatic hydroxyl groups is 2. The van der Waals surface area contributed by atoms with Crippen LogP contribution in [0.25, 0.3) is 0 Å². The molecular formula is C20H22N2O6. The molecule has 2 rings (SSSR count). The molecule has 0 spiro atoms. The number of esters is 1. The molecule has 0 aliphatic heterocycles. The van der Waals surface area contributed by atoms with Crippen molar-refractivity contribution in [1.82, 2.24) is 5.32 Å². The van der Waals surface area contributed by atoms with Crippen LogP contribution in [0.4, 0.5) is 5.69 Å². The van der Waals surface area contributed by atoms with E-state index in [-0.39, 0.29) is 48.3 Å². The first-order valence-corrected chi connectivity index (χ1v) is 8.64. The van der Waals surface area contributed by atoms with E-state index in [9.17, 15) is 24.6 Å². The number of phenols is 2. The number of ether oxygens (including phenoxy) is 1. The maximum absolute atomic E-state index is 12.0. The van der Waals surface area contributed by atoms with E-state index in [0.29, 0.717) is 12.1 Å². The van der Waals surface area contributed by atoms with Gasteiger partial charge in [0.1, 0.15) is 11.5 Å². The lowest BCUT2D eigenvalue weighted by molar-refractivity contribution is -0.139. The highest BCUT2D eigenvalue weighted by atomic mass is 16.5. The van der Waals surface area contributed by atoms with Gasteiger partial charge in [0.15, 0.2) is 0 Å². The van der Waals surface area contributed by atoms with Crippen molar-refractivity contribution in [2.45, 2.75) is 19.3 Å². The van der Waals surface area contributed by atoms with Gasteiger partial charge in [0, 0.05) is 30.3 Å². The molecule has 0 unspecified atom stereocenters. The zero-order chi connectivity index (χ0) is 20.5. The van der Waals surface area contributed by atoms with E-state index in [1.807, 2.05) is 0 Å². The minimum Gasteiger partial charge on any atom is -0.508 e. The van der Waals surface area contributed by atoms with Gasteiger partial charge >= 0.3 is 5.97 Å². The number of amides is 2. The van der Waals surface area contributed by atoms with Crippen molar-refractivity contribution in [2.24, 2.45) is 0 Å². The standard InChI is InChI=1S/C20H22N2O6/c1-28-19(26)9-13-4-2-5-15(8-13)22-18(25)6-3-7-21-20(27)14-10-16(23)12-17(24)11-14/h2,4-5,8,10-12,23-24H,3,6-7,9H2,1H3,(H,21,27)(H,22,25). The van der Waals surface area contributed by atoms with Crippen LogP contribution in [0.3, 0.4) is 0 Å². The number of carbonyl (C=O) groups is 3. The topological polar surface area (TPSA) is 125 Å². The Balaban J connectivity index is 1.76. The van der Waals surface area contributed by atoms with Gasteiger partial charge in [-0.25, -0.2) is 0 Å². The summed E-state index contributed by atoms with van der Waals surface area (Å²) in [4.78, 5) is 35.3. The largest absolute Gasteiger partial charge is 0.508 e. The third-order valence-electron chi connectivity index (χ3n) is 3.82. The maximum atomic E-state index is 12.0. The molecule has 2 aromatic carbocycles. The normalized spacial score (nSPS) is 10.2. The second-order valence-electron chi connectivity index (χ2n) is 6.10. The van der Waals surface area contributed by atoms with Gasteiger partial charge in [-0.3, -0.25) is 14.4 Å². The van der Waals surface area contributed by atoms with Gasteiger partial charge in [0.2, 0.25) is 5.91 Å². The summed E-state index contributed by atoms with van der Waals surface area (Å²) in [7, 11) is 1.32. The number of carbonyl (C=O) groups excluding carboxylic acids is 3. The Morgan fingerprint density at radius 1 is 1.04 bits per heavy atom. The van der Waals surface area contributed by atoms with Gasteiger partial charge in [-0.1, -0.05) is 12.1 Å². The van der Waals surface area contributed by atoms with Gasteiger partial charge in [0.25, 0.3) is 5.91 Å². The number of anilines is 1. The van der Waals surface area contributed by atoms with Crippen molar-refractivity contribution < 1.29 is 29.3 Å². The number of hydrogen-bond acceptors (Lipinski definition) is 6. The van der Waals surface area contributed by atoms with Gasteiger partial charge < -0.3 is 25.6 Å². The summed E-state index contributed by atoms with van der Waals surface area (Å²) in [5.41, 5.74) is 1.43. The van der Waals surface area contributed by atoms with Gasteiger partial charge in [-0.2, -0.15) is 0 Å². The minimum atomic E-state index is -0.456. The number of hydrogen-bond donors (Lipinski definition) is 4. The molecule has 148 valence electrons. The summed E-state index contributed by atoms with van der Waals surface area (Å²) in [6.07, 6.45) is 0.716. The van der Waals surface area contributed by atoms with Crippen molar-refractivity contribution >= 4 is 23.5 Å². The Hall–Kier alpha value is -3.55. The van der Waals surface area contributed by atoms with Crippen LogP contribution in [0.15, 0.2) is 42.5 Å². The van der Waals surface area contributed by atoms with Crippen LogP contribution in [0.2, 0.25) is 0 Å². The molecule has 0 aliphatic rings. The molecule has 0 radical (unpaired) electrons. The summed E-state index contributed by atoms with van der Waals surface area (Å²) < 4.78 is 4.62. The minimum absolute atomic E-state index is 0.122. The van der Waals surface area contributed by atoms with Crippen LogP contribution < -0.4 is 10.6 Å². The molecular weight excluding hydrogens is 364 g/mol. The van der Waals surface area contributed by atoms with E-state index in [4.69, 9.17) is 0 Å². The summed E-state index contributed by atoms with van der Waals surface area (Å²) in [5, 5.41) is 24.1. The van der Waals surface area contributed by atoms with Crippen molar-refractivity contribution in [1.29, 1.82) is 0 Å². The van der Waals surface area contributed by atoms with Gasteiger partial charge in [-0.05, 0) is 36.2 Å². The molecule has 2 amide bonds. The maximum Gasteiger partial charge on any atom is 0.309 e. The number of rotatable bonds is 8. The summed E-state index contributed by atoms with van der Waals surface area (Å²) in [6.45, 7) is 0.255. The van der Waals surface area contributed by atoms with Crippen molar-refractivity contribution in [3.05, 3.63) is 53.6 Å². The first kappa shape index (κ1) is 20.8. The molecule has 2 aromatic rings. The Kier molecular flexibility index (Phi) is 7.38. The number of benzene rings is 2. The molecule has 0 heterocycles. The fourth-order valence-corrected chi connectivity index (χ4v) is 2.50. The Morgan fingerprint density at radius 2 is 1.75 bits per heavy atom. The molecule has 0 saturated carbocycles. The molecule has 0 bridgehead atoms. The number of nitrogens with one attached hydrogen (secondary N) is 2. The SMILES string of the molecule is COC(=O)Cc1cccc(NC(=O)CCCNC(=O)c2cc(O)cc(O)c2)c1. The third kappa shape index (κ3) is 6.64. The molecule has 4 N–H and O–H groups in total. The van der Waals surface area contributed by atoms with Crippen LogP contribution in [0.5, 0.6) is 11.5 Å². The van der Waals surface area contributed by atoms with E-state index >= 15 is 0 Å². The Labute approximate surface area is 162 Å². The van der Waals surface area contributed by atoms with E-state index in [1.54, 1.807) is 24.3 Å². The van der Waals surface area contributed by atoms with Crippen LogP contribution in [0.1, 0.15) is 28.8 Å². The molecule has 0 aliphatic carbocycles. The van der Waals surface area contributed by atoms with Gasteiger partial charge in [-0.15, -0.1) is 0 Å². The predicted molar refractivity (Wildman–Crippen MR) is 102 cm³/mol. The Morgan fingerprint density at radius 3 is 2.43 bits per heavy atom. The molecule has 8 heteroatoms. The quantitative estimate of drug-likeness (QED) is 0.406. The second-order valence-corrected chi connectivity index (χ2v) is 6.10. The highest BCUT2D eigenvalue weighted by Crippen LogP contribution is 2.20. The first-order valence-electron chi connectivity index (χ1n) is 8.64. The molecule has 28 heavy (non-hydrogen) atoms. The van der Waals surface area contributed by atoms with E-state index < -0.39 is 5.91 Å². The van der Waals surface area contributed by atoms with E-state index in [2.05, 4.69) is 15.4 Å². The van der Waals surface area contributed by atoms with Crippen molar-refractivity contribution in [3.63, 3.8) is 0 Å². The smallest absolute Gasteiger partial charge is 0.309 e. The van der Waals surface area contributed by atoms with Crippen LogP contribution >= 0.6 is 0 Å². The van der Waals surface area contributed by atoms with E-state index in [1.165, 1.54) is 19.2 Å². The fourth-order valence-electron chi connectivity index (χ4n) is 2.50. The second kappa shape index (κ2) is 9.96. The fraction of sp³-hybridized carbons (Fsp3) is 0.250. The summed E-state index contributed by atoms with van der Waals surface area (Å²) >= 11 is 0. The third-order valence-corrected chi connectivity index (χ3v) is 3.82. The molecule has 0 aromatic heterocycles. The predicted octanol–water partition coefficient (Wildman–Crippen LogP) is 1.96. The average Bonchev–Trinajstić information content (AvgIpc) is 2.64. The molecule has 8 nitrogen and oxygen atoms in total. The first-order chi connectivity index (χ1) is 13.4. The summed E-state index contributed by atoms with van der Waals surface area (Å²) in [5.74, 6) is -1.46. The zero-order valence-electron chi connectivity index (χ0n) is 15.4. The highest BCUT2D eigenvalue weighted by molar-refractivity contribution is 5.95. The Bertz CT molecular complexity index is 845. The summed E-state index contributed by atoms with van der Waals surface area (Å²) in [6, 6.07) is 10.5. The number of methoxy groups -OCH3 is 1. The van der Waals surface area contributed by atoms with E-state index in [0.717, 1.165) is 11.6 Å². The number of phenolic OH excluding ortho intramolecular Hbond substituents is 2. The lowest BCUT2D eigenvalue weighted by atomic mass is 10.1. The zero-order valence-corrected chi connectivity index (χ0v) is 15.4. The van der Waals surface area contributed by atoms with Crippen molar-refractivity contribution in [2.75, 3.05) is 19.0 Å². The average molecular weight is 386 g/mol. The lowest BCUT2D eigenvalue weighted by Gasteiger charge is -2.08. The highest BCUT2D eigenvalue weighted by Gasteiger charge is 2.09. The molecule has 0 saturated heterocycles. The van der Waals surface area contributed by atoms with Crippen molar-refractivity contribution in [3.8, 4) is 11.5 Å². The van der Waals surface area contributed by atoms with Gasteiger partial charge in [0.05, 0.1) is 13.5 Å². The monoisotopic (exact) mass is 386 g/mol. The molecule has 0 fully saturated rings. The lowest BCUT2D eigenvalue weighted by Crippen LogP contribution is -2.25. The molecule has 0 atom stereocenters.